The third kappa shape index (κ3) is 6.27. The van der Waals surface area contributed by atoms with E-state index < -0.39 is 17.6 Å². The molecule has 0 amide bonds. The van der Waals surface area contributed by atoms with Crippen molar-refractivity contribution in [1.82, 2.24) is 14.8 Å². The average Bonchev–Trinajstić information content (AvgIpc) is 3.32. The van der Waals surface area contributed by atoms with Gasteiger partial charge in [0.05, 0.1) is 28.0 Å². The van der Waals surface area contributed by atoms with Crippen LogP contribution in [0, 0.1) is 29.4 Å². The number of aromatic nitrogens is 3. The molecule has 4 aromatic rings. The summed E-state index contributed by atoms with van der Waals surface area (Å²) >= 11 is 1.53. The Balaban J connectivity index is 1.46. The van der Waals surface area contributed by atoms with Crippen molar-refractivity contribution in [1.29, 1.82) is 0 Å². The van der Waals surface area contributed by atoms with Crippen LogP contribution < -0.4 is 0 Å². The van der Waals surface area contributed by atoms with E-state index in [2.05, 4.69) is 16.8 Å². The molecule has 1 aliphatic heterocycles. The number of rotatable bonds is 9. The number of hydrogen-bond donors (Lipinski definition) is 2. The highest BCUT2D eigenvalue weighted by Gasteiger charge is 2.29. The molecule has 2 N–H and O–H groups in total. The lowest BCUT2D eigenvalue weighted by Crippen LogP contribution is -2.06. The molecular weight excluding hydrogens is 580 g/mol. The van der Waals surface area contributed by atoms with E-state index in [4.69, 9.17) is 9.84 Å². The monoisotopic (exact) mass is 607 g/mol. The van der Waals surface area contributed by atoms with Crippen LogP contribution in [0.25, 0.3) is 16.4 Å². The molecular formula is C31H27F2N3O4S2. The second-order valence-electron chi connectivity index (χ2n) is 10.5. The Kier molecular flexibility index (Phi) is 8.40. The topological polar surface area (TPSA) is 97.5 Å². The number of aromatic carboxylic acids is 1. The zero-order chi connectivity index (χ0) is 29.2. The third-order valence-electron chi connectivity index (χ3n) is 7.45. The Morgan fingerprint density at radius 2 is 2.02 bits per heavy atom. The van der Waals surface area contributed by atoms with Gasteiger partial charge in [-0.1, -0.05) is 17.9 Å². The molecule has 7 nitrogen and oxygen atoms in total. The van der Waals surface area contributed by atoms with Crippen LogP contribution >= 0.6 is 23.4 Å². The van der Waals surface area contributed by atoms with Gasteiger partial charge < -0.3 is 14.4 Å². The van der Waals surface area contributed by atoms with Crippen molar-refractivity contribution < 1.29 is 28.0 Å². The summed E-state index contributed by atoms with van der Waals surface area (Å²) in [7, 11) is 0. The summed E-state index contributed by atoms with van der Waals surface area (Å²) in [4.78, 5) is 16.0. The highest BCUT2D eigenvalue weighted by atomic mass is 32.2. The van der Waals surface area contributed by atoms with Crippen molar-refractivity contribution in [3.63, 3.8) is 0 Å². The van der Waals surface area contributed by atoms with Crippen LogP contribution in [-0.2, 0) is 17.6 Å². The van der Waals surface area contributed by atoms with Crippen LogP contribution in [0.2, 0.25) is 0 Å². The average molecular weight is 608 g/mol. The molecule has 0 bridgehead atoms. The van der Waals surface area contributed by atoms with Gasteiger partial charge in [0, 0.05) is 48.0 Å². The summed E-state index contributed by atoms with van der Waals surface area (Å²) in [6, 6.07) is 9.36. The van der Waals surface area contributed by atoms with Crippen molar-refractivity contribution in [3.05, 3.63) is 81.5 Å². The molecule has 1 unspecified atom stereocenters. The van der Waals surface area contributed by atoms with Crippen molar-refractivity contribution in [2.75, 3.05) is 6.61 Å². The second kappa shape index (κ2) is 12.4. The third-order valence-corrected chi connectivity index (χ3v) is 8.80. The number of ether oxygens (including phenoxy) is 1. The van der Waals surface area contributed by atoms with E-state index >= 15 is 0 Å². The predicted octanol–water partition coefficient (Wildman–Crippen LogP) is 7.00. The minimum absolute atomic E-state index is 0.0704. The highest BCUT2D eigenvalue weighted by molar-refractivity contribution is 7.93. The quantitative estimate of drug-likeness (QED) is 0.156. The first kappa shape index (κ1) is 28.6. The highest BCUT2D eigenvalue weighted by Crippen LogP contribution is 2.38. The first-order chi connectivity index (χ1) is 20.4. The maximum absolute atomic E-state index is 14.9. The SMILES string of the molecule is O=C(O)c1csc(-n2nc(-c3ccc(F)c(C#CCC4CCCO4)c3)c(Cc3ccc(SO)c(F)c3)c2CC2CC2)n1. The van der Waals surface area contributed by atoms with Gasteiger partial charge in [-0.05, 0) is 73.9 Å². The Labute approximate surface area is 249 Å². The lowest BCUT2D eigenvalue weighted by molar-refractivity contribution is 0.0691. The number of carboxylic acid groups (broad SMARTS) is 1. The van der Waals surface area contributed by atoms with Crippen LogP contribution in [0.4, 0.5) is 8.78 Å². The smallest absolute Gasteiger partial charge is 0.355 e. The zero-order valence-corrected chi connectivity index (χ0v) is 24.1. The van der Waals surface area contributed by atoms with Crippen molar-refractivity contribution >= 4 is 29.3 Å². The van der Waals surface area contributed by atoms with E-state index in [1.807, 2.05) is 0 Å². The summed E-state index contributed by atoms with van der Waals surface area (Å²) in [5.41, 5.74) is 3.73. The molecule has 0 radical (unpaired) electrons. The fraction of sp³-hybridized carbons (Fsp3) is 0.323. The van der Waals surface area contributed by atoms with Gasteiger partial charge in [0.25, 0.3) is 0 Å². The molecule has 1 aliphatic carbocycles. The van der Waals surface area contributed by atoms with E-state index in [0.29, 0.717) is 59.2 Å². The lowest BCUT2D eigenvalue weighted by atomic mass is 9.96. The molecule has 42 heavy (non-hydrogen) atoms. The lowest BCUT2D eigenvalue weighted by Gasteiger charge is -2.10. The molecule has 2 aliphatic rings. The van der Waals surface area contributed by atoms with Gasteiger partial charge >= 0.3 is 5.97 Å². The van der Waals surface area contributed by atoms with Crippen molar-refractivity contribution in [3.8, 4) is 28.2 Å². The van der Waals surface area contributed by atoms with Gasteiger partial charge in [-0.2, -0.15) is 5.10 Å². The van der Waals surface area contributed by atoms with Crippen LogP contribution in [-0.4, -0.2) is 43.1 Å². The van der Waals surface area contributed by atoms with Crippen molar-refractivity contribution in [2.24, 2.45) is 5.92 Å². The Morgan fingerprint density at radius 1 is 1.17 bits per heavy atom. The minimum Gasteiger partial charge on any atom is -0.476 e. The molecule has 2 fully saturated rings. The number of carbonyl (C=O) groups is 1. The number of thiazole rings is 1. The number of nitrogens with zero attached hydrogens (tertiary/aromatic N) is 3. The number of benzene rings is 2. The van der Waals surface area contributed by atoms with Gasteiger partial charge in [0.15, 0.2) is 5.69 Å². The Bertz CT molecular complexity index is 1700. The van der Waals surface area contributed by atoms with Gasteiger partial charge in [-0.15, -0.1) is 11.3 Å². The van der Waals surface area contributed by atoms with Gasteiger partial charge in [0.2, 0.25) is 5.13 Å². The molecule has 216 valence electrons. The van der Waals surface area contributed by atoms with Crippen LogP contribution in [0.5, 0.6) is 0 Å². The number of carboxylic acids is 1. The van der Waals surface area contributed by atoms with E-state index in [9.17, 15) is 23.2 Å². The maximum atomic E-state index is 14.9. The molecule has 0 spiro atoms. The molecule has 1 saturated carbocycles. The molecule has 6 rings (SSSR count). The fourth-order valence-electron chi connectivity index (χ4n) is 5.09. The Hall–Kier alpha value is -3.56. The summed E-state index contributed by atoms with van der Waals surface area (Å²) in [5.74, 6) is 4.36. The molecule has 3 heterocycles. The van der Waals surface area contributed by atoms with Crippen LogP contribution in [0.3, 0.4) is 0 Å². The largest absolute Gasteiger partial charge is 0.476 e. The molecule has 1 atom stereocenters. The van der Waals surface area contributed by atoms with E-state index in [-0.39, 0.29) is 22.3 Å². The van der Waals surface area contributed by atoms with E-state index in [1.54, 1.807) is 22.9 Å². The first-order valence-electron chi connectivity index (χ1n) is 13.7. The first-order valence-corrected chi connectivity index (χ1v) is 15.3. The summed E-state index contributed by atoms with van der Waals surface area (Å²) in [6.45, 7) is 0.726. The van der Waals surface area contributed by atoms with Crippen molar-refractivity contribution in [2.45, 2.75) is 55.9 Å². The molecule has 2 aromatic heterocycles. The maximum Gasteiger partial charge on any atom is 0.355 e. The minimum atomic E-state index is -1.13. The van der Waals surface area contributed by atoms with Crippen LogP contribution in [0.1, 0.15) is 65.0 Å². The summed E-state index contributed by atoms with van der Waals surface area (Å²) < 4.78 is 46.2. The van der Waals surface area contributed by atoms with Gasteiger partial charge in [-0.3, -0.25) is 0 Å². The molecule has 11 heteroatoms. The summed E-state index contributed by atoms with van der Waals surface area (Å²) in [6.07, 6.45) is 5.68. The molecule has 2 aromatic carbocycles. The number of halogens is 2. The number of hydrogen-bond acceptors (Lipinski definition) is 7. The summed E-state index contributed by atoms with van der Waals surface area (Å²) in [5, 5.41) is 16.3. The predicted molar refractivity (Wildman–Crippen MR) is 156 cm³/mol. The standard InChI is InChI=1S/C31H27F2N3O4S2/c32-24-10-9-21(16-20(24)3-1-4-22-5-2-12-40-22)29-23(13-19-8-11-28(42-39)25(33)14-19)27(15-18-6-7-18)36(35-29)31-34-26(17-41-31)30(37)38/h8-11,14,16-18,22,39H,2,4-7,12-13,15H2,(H,37,38). The van der Waals surface area contributed by atoms with E-state index in [1.165, 1.54) is 34.9 Å². The normalized spacial score (nSPS) is 16.4. The van der Waals surface area contributed by atoms with Gasteiger partial charge in [-0.25, -0.2) is 23.2 Å². The van der Waals surface area contributed by atoms with Crippen LogP contribution in [0.15, 0.2) is 46.7 Å². The second-order valence-corrected chi connectivity index (χ2v) is 12.0. The molecule has 1 saturated heterocycles. The van der Waals surface area contributed by atoms with Gasteiger partial charge in [0.1, 0.15) is 11.6 Å². The Morgan fingerprint density at radius 3 is 2.71 bits per heavy atom. The zero-order valence-electron chi connectivity index (χ0n) is 22.5. The van der Waals surface area contributed by atoms with E-state index in [0.717, 1.165) is 43.5 Å². The fourth-order valence-corrected chi connectivity index (χ4v) is 6.14.